The molecule has 0 aliphatic carbocycles. The van der Waals surface area contributed by atoms with Gasteiger partial charge in [-0.25, -0.2) is 4.79 Å². The van der Waals surface area contributed by atoms with Gasteiger partial charge < -0.3 is 4.74 Å². The quantitative estimate of drug-likeness (QED) is 0.150. The van der Waals surface area contributed by atoms with Gasteiger partial charge in [0.15, 0.2) is 0 Å². The fraction of sp³-hybridized carbons (Fsp3) is 0.469. The van der Waals surface area contributed by atoms with Crippen molar-refractivity contribution in [3.8, 4) is 0 Å². The van der Waals surface area contributed by atoms with E-state index in [4.69, 9.17) is 4.74 Å². The molecule has 0 saturated carbocycles. The minimum atomic E-state index is -1.07. The summed E-state index contributed by atoms with van der Waals surface area (Å²) < 4.78 is 5.56. The molecule has 0 bridgehead atoms. The molecule has 212 valence electrons. The van der Waals surface area contributed by atoms with Gasteiger partial charge in [-0.1, -0.05) is 76.1 Å². The zero-order valence-corrected chi connectivity index (χ0v) is 23.2. The van der Waals surface area contributed by atoms with Crippen LogP contribution < -0.4 is 0 Å². The molecule has 0 radical (unpaired) electrons. The minimum absolute atomic E-state index is 0.185. The van der Waals surface area contributed by atoms with Crippen LogP contribution in [0.5, 0.6) is 0 Å². The van der Waals surface area contributed by atoms with Gasteiger partial charge in [0.1, 0.15) is 6.04 Å². The maximum atomic E-state index is 13.2. The lowest BCUT2D eigenvalue weighted by molar-refractivity contribution is -0.148. The van der Waals surface area contributed by atoms with Gasteiger partial charge in [-0.15, -0.1) is 0 Å². The summed E-state index contributed by atoms with van der Waals surface area (Å²) in [4.78, 5) is 67.0. The van der Waals surface area contributed by atoms with Crippen LogP contribution in [0.15, 0.2) is 48.5 Å². The minimum Gasteiger partial charge on any atom is -0.464 e. The Balaban J connectivity index is 1.32. The lowest BCUT2D eigenvalue weighted by Crippen LogP contribution is -2.45. The molecule has 2 aliphatic heterocycles. The number of benzene rings is 2. The van der Waals surface area contributed by atoms with Gasteiger partial charge in [-0.2, -0.15) is 0 Å². The first-order valence-electron chi connectivity index (χ1n) is 14.5. The molecule has 2 aromatic rings. The average Bonchev–Trinajstić information content (AvgIpc) is 3.36. The van der Waals surface area contributed by atoms with Crippen molar-refractivity contribution in [3.63, 3.8) is 0 Å². The summed E-state index contributed by atoms with van der Waals surface area (Å²) in [5.74, 6) is -2.27. The van der Waals surface area contributed by atoms with Crippen LogP contribution in [0.2, 0.25) is 0 Å². The second-order valence-corrected chi connectivity index (χ2v) is 10.5. The number of amides is 4. The van der Waals surface area contributed by atoms with Crippen LogP contribution in [0.1, 0.15) is 119 Å². The largest absolute Gasteiger partial charge is 0.464 e. The Bertz CT molecular complexity index is 1190. The normalized spacial score (nSPS) is 15.0. The van der Waals surface area contributed by atoms with E-state index in [0.29, 0.717) is 24.0 Å². The predicted molar refractivity (Wildman–Crippen MR) is 150 cm³/mol. The van der Waals surface area contributed by atoms with E-state index in [1.54, 1.807) is 48.5 Å². The van der Waals surface area contributed by atoms with Crippen LogP contribution in [0.3, 0.4) is 0 Å². The van der Waals surface area contributed by atoms with Gasteiger partial charge in [0.25, 0.3) is 23.6 Å². The fourth-order valence-corrected chi connectivity index (χ4v) is 5.40. The van der Waals surface area contributed by atoms with E-state index < -0.39 is 23.8 Å². The van der Waals surface area contributed by atoms with E-state index in [-0.39, 0.29) is 42.5 Å². The number of carbonyl (C=O) groups is 5. The number of unbranched alkanes of at least 4 members (excludes halogenated alkanes) is 8. The van der Waals surface area contributed by atoms with Crippen LogP contribution in [0, 0.1) is 0 Å². The predicted octanol–water partition coefficient (Wildman–Crippen LogP) is 5.80. The van der Waals surface area contributed by atoms with Crippen molar-refractivity contribution in [3.05, 3.63) is 70.8 Å². The molecule has 2 aromatic carbocycles. The number of ether oxygens (including phenoxy) is 1. The number of rotatable bonds is 16. The third-order valence-electron chi connectivity index (χ3n) is 7.64. The highest BCUT2D eigenvalue weighted by atomic mass is 16.5. The van der Waals surface area contributed by atoms with Crippen molar-refractivity contribution in [1.29, 1.82) is 0 Å². The molecule has 1 unspecified atom stereocenters. The molecule has 2 heterocycles. The lowest BCUT2D eigenvalue weighted by atomic mass is 10.1. The SMILES string of the molecule is CCCCCCCCCCOC(=O)C(CCCCN1C(=O)c2ccccc2C1=O)N1C(=O)c2ccccc2C1=O. The Morgan fingerprint density at radius 2 is 1.12 bits per heavy atom. The Kier molecular flexibility index (Phi) is 10.2. The van der Waals surface area contributed by atoms with Crippen LogP contribution in [-0.2, 0) is 9.53 Å². The Hall–Kier alpha value is -3.81. The van der Waals surface area contributed by atoms with Gasteiger partial charge in [0, 0.05) is 6.54 Å². The summed E-state index contributed by atoms with van der Waals surface area (Å²) >= 11 is 0. The second-order valence-electron chi connectivity index (χ2n) is 10.5. The standard InChI is InChI=1S/C32H38N2O6/c1-2-3-4-5-6-7-8-15-22-40-32(39)27(34-30(37)25-18-11-12-19-26(25)31(34)38)20-13-14-21-33-28(35)23-16-9-10-17-24(23)29(33)36/h9-12,16-19,27H,2-8,13-15,20-22H2,1H3. The third kappa shape index (κ3) is 6.49. The molecule has 0 N–H and O–H groups in total. The van der Waals surface area contributed by atoms with Gasteiger partial charge in [0.2, 0.25) is 0 Å². The number of imide groups is 2. The number of nitrogens with zero attached hydrogens (tertiary/aromatic N) is 2. The van der Waals surface area contributed by atoms with Crippen LogP contribution in [0.4, 0.5) is 0 Å². The molecule has 40 heavy (non-hydrogen) atoms. The zero-order chi connectivity index (χ0) is 28.5. The van der Waals surface area contributed by atoms with Crippen molar-refractivity contribution in [1.82, 2.24) is 9.80 Å². The number of hydrogen-bond donors (Lipinski definition) is 0. The van der Waals surface area contributed by atoms with Gasteiger partial charge in [-0.3, -0.25) is 29.0 Å². The van der Waals surface area contributed by atoms with Crippen molar-refractivity contribution in [2.24, 2.45) is 0 Å². The van der Waals surface area contributed by atoms with Crippen LogP contribution in [0.25, 0.3) is 0 Å². The highest BCUT2D eigenvalue weighted by Gasteiger charge is 2.43. The molecule has 4 amide bonds. The maximum absolute atomic E-state index is 13.2. The summed E-state index contributed by atoms with van der Waals surface area (Å²) in [5, 5.41) is 0. The highest BCUT2D eigenvalue weighted by molar-refractivity contribution is 6.23. The first-order valence-corrected chi connectivity index (χ1v) is 14.5. The Morgan fingerprint density at radius 1 is 0.650 bits per heavy atom. The van der Waals surface area contributed by atoms with E-state index in [1.165, 1.54) is 37.0 Å². The van der Waals surface area contributed by atoms with E-state index >= 15 is 0 Å². The Labute approximate surface area is 235 Å². The third-order valence-corrected chi connectivity index (χ3v) is 7.64. The summed E-state index contributed by atoms with van der Waals surface area (Å²) in [7, 11) is 0. The molecule has 0 saturated heterocycles. The van der Waals surface area contributed by atoms with Crippen molar-refractivity contribution in [2.45, 2.75) is 83.6 Å². The summed E-state index contributed by atoms with van der Waals surface area (Å²) in [6.45, 7) is 2.62. The summed E-state index contributed by atoms with van der Waals surface area (Å²) in [5.41, 5.74) is 1.33. The van der Waals surface area contributed by atoms with Gasteiger partial charge in [0.05, 0.1) is 28.9 Å². The number of fused-ring (bicyclic) bond motifs is 2. The Morgan fingerprint density at radius 3 is 1.65 bits per heavy atom. The molecule has 8 heteroatoms. The molecule has 4 rings (SSSR count). The topological polar surface area (TPSA) is 101 Å². The zero-order valence-electron chi connectivity index (χ0n) is 23.2. The van der Waals surface area contributed by atoms with E-state index in [9.17, 15) is 24.0 Å². The molecule has 0 aromatic heterocycles. The molecule has 1 atom stereocenters. The average molecular weight is 547 g/mol. The number of esters is 1. The number of hydrogen-bond acceptors (Lipinski definition) is 6. The van der Waals surface area contributed by atoms with Crippen LogP contribution >= 0.6 is 0 Å². The van der Waals surface area contributed by atoms with E-state index in [2.05, 4.69) is 6.92 Å². The summed E-state index contributed by atoms with van der Waals surface area (Å²) in [6, 6.07) is 12.2. The highest BCUT2D eigenvalue weighted by Crippen LogP contribution is 2.28. The van der Waals surface area contributed by atoms with E-state index in [0.717, 1.165) is 24.2 Å². The maximum Gasteiger partial charge on any atom is 0.329 e. The second kappa shape index (κ2) is 14.0. The number of carbonyl (C=O) groups excluding carboxylic acids is 5. The first kappa shape index (κ1) is 29.2. The molecule has 0 fully saturated rings. The smallest absolute Gasteiger partial charge is 0.329 e. The monoisotopic (exact) mass is 546 g/mol. The van der Waals surface area contributed by atoms with Gasteiger partial charge >= 0.3 is 5.97 Å². The molecule has 8 nitrogen and oxygen atoms in total. The van der Waals surface area contributed by atoms with Gasteiger partial charge in [-0.05, 0) is 49.9 Å². The molecular weight excluding hydrogens is 508 g/mol. The van der Waals surface area contributed by atoms with E-state index in [1.807, 2.05) is 0 Å². The molecular formula is C32H38N2O6. The first-order chi connectivity index (χ1) is 19.5. The lowest BCUT2D eigenvalue weighted by Gasteiger charge is -2.25. The van der Waals surface area contributed by atoms with Crippen molar-refractivity contribution >= 4 is 29.6 Å². The fourth-order valence-electron chi connectivity index (χ4n) is 5.40. The summed E-state index contributed by atoms with van der Waals surface area (Å²) in [6.07, 6.45) is 9.91. The van der Waals surface area contributed by atoms with Crippen molar-refractivity contribution in [2.75, 3.05) is 13.2 Å². The van der Waals surface area contributed by atoms with Crippen molar-refractivity contribution < 1.29 is 28.7 Å². The molecule has 0 spiro atoms. The molecule has 2 aliphatic rings. The van der Waals surface area contributed by atoms with Crippen LogP contribution in [-0.4, -0.2) is 58.6 Å².